The zero-order chi connectivity index (χ0) is 19.7. The molecule has 4 rings (SSSR count). The van der Waals surface area contributed by atoms with E-state index in [-0.39, 0.29) is 5.97 Å². The molecule has 0 radical (unpaired) electrons. The van der Waals surface area contributed by atoms with Gasteiger partial charge in [-0.05, 0) is 53.6 Å². The number of ether oxygens (including phenoxy) is 1. The van der Waals surface area contributed by atoms with Crippen molar-refractivity contribution in [3.63, 3.8) is 0 Å². The number of benzene rings is 3. The summed E-state index contributed by atoms with van der Waals surface area (Å²) in [6, 6.07) is 21.7. The first-order chi connectivity index (χ1) is 13.6. The van der Waals surface area contributed by atoms with Crippen molar-refractivity contribution in [3.05, 3.63) is 82.0 Å². The predicted molar refractivity (Wildman–Crippen MR) is 113 cm³/mol. The largest absolute Gasteiger partial charge is 0.461 e. The number of hydrogen-bond acceptors (Lipinski definition) is 3. The third kappa shape index (κ3) is 3.28. The van der Waals surface area contributed by atoms with Gasteiger partial charge in [0.15, 0.2) is 0 Å². The summed E-state index contributed by atoms with van der Waals surface area (Å²) >= 11 is 3.59. The average molecular weight is 433 g/mol. The van der Waals surface area contributed by atoms with Gasteiger partial charge in [-0.15, -0.1) is 0 Å². The van der Waals surface area contributed by atoms with E-state index in [2.05, 4.69) is 46.3 Å². The molecule has 0 spiro atoms. The summed E-state index contributed by atoms with van der Waals surface area (Å²) in [5.41, 5.74) is 2.96. The Labute approximate surface area is 171 Å². The maximum Gasteiger partial charge on any atom is 0.354 e. The van der Waals surface area contributed by atoms with Crippen LogP contribution in [0.5, 0.6) is 0 Å². The van der Waals surface area contributed by atoms with Crippen LogP contribution in [0.15, 0.2) is 65.1 Å². The van der Waals surface area contributed by atoms with Gasteiger partial charge in [0.1, 0.15) is 5.69 Å². The zero-order valence-corrected chi connectivity index (χ0v) is 16.9. The molecule has 0 N–H and O–H groups in total. The number of aromatic nitrogens is 1. The van der Waals surface area contributed by atoms with Gasteiger partial charge in [0.2, 0.25) is 0 Å². The Balaban J connectivity index is 1.94. The van der Waals surface area contributed by atoms with Gasteiger partial charge in [-0.2, -0.15) is 5.26 Å². The van der Waals surface area contributed by atoms with E-state index in [0.29, 0.717) is 24.4 Å². The zero-order valence-electron chi connectivity index (χ0n) is 15.3. The average Bonchev–Trinajstić information content (AvgIpc) is 3.05. The molecule has 0 fully saturated rings. The molecule has 0 atom stereocenters. The van der Waals surface area contributed by atoms with E-state index in [9.17, 15) is 10.1 Å². The maximum absolute atomic E-state index is 12.6. The molecule has 0 aliphatic heterocycles. The van der Waals surface area contributed by atoms with Crippen LogP contribution in [0, 0.1) is 11.3 Å². The summed E-state index contributed by atoms with van der Waals surface area (Å²) in [5, 5.41) is 12.5. The molecule has 4 aromatic rings. The highest BCUT2D eigenvalue weighted by atomic mass is 79.9. The Kier molecular flexibility index (Phi) is 4.89. The predicted octanol–water partition coefficient (Wildman–Crippen LogP) is 5.65. The van der Waals surface area contributed by atoms with E-state index in [1.165, 1.54) is 0 Å². The Morgan fingerprint density at radius 3 is 2.71 bits per heavy atom. The molecular weight excluding hydrogens is 416 g/mol. The monoisotopic (exact) mass is 432 g/mol. The highest BCUT2D eigenvalue weighted by molar-refractivity contribution is 9.10. The smallest absolute Gasteiger partial charge is 0.354 e. The molecule has 3 aromatic carbocycles. The Hall–Kier alpha value is -3.10. The molecule has 138 valence electrons. The van der Waals surface area contributed by atoms with Gasteiger partial charge < -0.3 is 9.30 Å². The summed E-state index contributed by atoms with van der Waals surface area (Å²) in [6.45, 7) is 2.59. The first-order valence-corrected chi connectivity index (χ1v) is 9.77. The molecule has 0 bridgehead atoms. The van der Waals surface area contributed by atoms with E-state index in [0.717, 1.165) is 31.7 Å². The van der Waals surface area contributed by atoms with Crippen LogP contribution in [0.25, 0.3) is 21.7 Å². The van der Waals surface area contributed by atoms with Gasteiger partial charge >= 0.3 is 5.97 Å². The number of nitrogens with zero attached hydrogens (tertiary/aromatic N) is 2. The lowest BCUT2D eigenvalue weighted by molar-refractivity contribution is 0.0515. The molecule has 1 heterocycles. The molecule has 0 aliphatic carbocycles. The van der Waals surface area contributed by atoms with Gasteiger partial charge in [-0.1, -0.05) is 46.3 Å². The van der Waals surface area contributed by atoms with Crippen LogP contribution in [-0.2, 0) is 11.3 Å². The second-order valence-corrected chi connectivity index (χ2v) is 7.42. The van der Waals surface area contributed by atoms with Crippen LogP contribution in [0.3, 0.4) is 0 Å². The van der Waals surface area contributed by atoms with Gasteiger partial charge in [0, 0.05) is 16.4 Å². The third-order valence-corrected chi connectivity index (χ3v) is 5.22. The topological polar surface area (TPSA) is 55.0 Å². The van der Waals surface area contributed by atoms with Crippen LogP contribution in [-0.4, -0.2) is 17.1 Å². The summed E-state index contributed by atoms with van der Waals surface area (Å²) in [6.07, 6.45) is 0. The Bertz CT molecular complexity index is 1250. The second kappa shape index (κ2) is 7.49. The van der Waals surface area contributed by atoms with E-state index in [4.69, 9.17) is 4.74 Å². The summed E-state index contributed by atoms with van der Waals surface area (Å²) in [4.78, 5) is 12.6. The van der Waals surface area contributed by atoms with Crippen LogP contribution >= 0.6 is 15.9 Å². The fraction of sp³-hybridized carbons (Fsp3) is 0.130. The lowest BCUT2D eigenvalue weighted by Gasteiger charge is -2.13. The van der Waals surface area contributed by atoms with Crippen LogP contribution in [0.1, 0.15) is 28.5 Å². The SMILES string of the molecule is CCOC(=O)c1cc2ccc(C#N)cc2n1Cc1cc(Br)cc2ccccc12. The number of fused-ring (bicyclic) bond motifs is 2. The number of rotatable bonds is 4. The van der Waals surface area contributed by atoms with Crippen molar-refractivity contribution < 1.29 is 9.53 Å². The van der Waals surface area contributed by atoms with Gasteiger partial charge in [-0.3, -0.25) is 0 Å². The van der Waals surface area contributed by atoms with E-state index >= 15 is 0 Å². The van der Waals surface area contributed by atoms with Gasteiger partial charge in [0.05, 0.1) is 23.8 Å². The molecule has 0 amide bonds. The van der Waals surface area contributed by atoms with E-state index in [1.54, 1.807) is 13.0 Å². The molecule has 0 saturated heterocycles. The Morgan fingerprint density at radius 2 is 1.93 bits per heavy atom. The summed E-state index contributed by atoms with van der Waals surface area (Å²) in [5.74, 6) is -0.364. The molecule has 4 nitrogen and oxygen atoms in total. The first kappa shape index (κ1) is 18.3. The maximum atomic E-state index is 12.6. The lowest BCUT2D eigenvalue weighted by atomic mass is 10.0. The van der Waals surface area contributed by atoms with E-state index < -0.39 is 0 Å². The second-order valence-electron chi connectivity index (χ2n) is 6.51. The fourth-order valence-corrected chi connectivity index (χ4v) is 4.04. The molecule has 28 heavy (non-hydrogen) atoms. The number of nitriles is 1. The molecule has 0 saturated carbocycles. The third-order valence-electron chi connectivity index (χ3n) is 4.76. The van der Waals surface area contributed by atoms with Crippen LogP contribution < -0.4 is 0 Å². The normalized spacial score (nSPS) is 10.9. The highest BCUT2D eigenvalue weighted by Gasteiger charge is 2.18. The van der Waals surface area contributed by atoms with Gasteiger partial charge in [-0.25, -0.2) is 4.79 Å². The van der Waals surface area contributed by atoms with Crippen molar-refractivity contribution in [3.8, 4) is 6.07 Å². The summed E-state index contributed by atoms with van der Waals surface area (Å²) in [7, 11) is 0. The molecule has 0 aliphatic rings. The fourth-order valence-electron chi connectivity index (χ4n) is 3.52. The molecular formula is C23H17BrN2O2. The number of esters is 1. The number of hydrogen-bond donors (Lipinski definition) is 0. The quantitative estimate of drug-likeness (QED) is 0.391. The van der Waals surface area contributed by atoms with Crippen molar-refractivity contribution in [2.24, 2.45) is 0 Å². The number of halogens is 1. The van der Waals surface area contributed by atoms with Crippen molar-refractivity contribution in [1.29, 1.82) is 5.26 Å². The molecule has 1 aromatic heterocycles. The lowest BCUT2D eigenvalue weighted by Crippen LogP contribution is -2.13. The van der Waals surface area contributed by atoms with Crippen molar-refractivity contribution in [2.75, 3.05) is 6.61 Å². The number of carbonyl (C=O) groups excluding carboxylic acids is 1. The minimum atomic E-state index is -0.364. The number of carbonyl (C=O) groups is 1. The molecule has 5 heteroatoms. The molecule has 0 unspecified atom stereocenters. The van der Waals surface area contributed by atoms with E-state index in [1.807, 2.05) is 34.9 Å². The van der Waals surface area contributed by atoms with Crippen LogP contribution in [0.2, 0.25) is 0 Å². The highest BCUT2D eigenvalue weighted by Crippen LogP contribution is 2.28. The minimum Gasteiger partial charge on any atom is -0.461 e. The van der Waals surface area contributed by atoms with Crippen molar-refractivity contribution in [1.82, 2.24) is 4.57 Å². The first-order valence-electron chi connectivity index (χ1n) is 8.98. The minimum absolute atomic E-state index is 0.309. The Morgan fingerprint density at radius 1 is 1.11 bits per heavy atom. The van der Waals surface area contributed by atoms with Crippen LogP contribution in [0.4, 0.5) is 0 Å². The van der Waals surface area contributed by atoms with Gasteiger partial charge in [0.25, 0.3) is 0 Å². The van der Waals surface area contributed by atoms with Crippen molar-refractivity contribution >= 4 is 43.6 Å². The summed E-state index contributed by atoms with van der Waals surface area (Å²) < 4.78 is 8.18. The standard InChI is InChI=1S/C23H17BrN2O2/c1-2-28-23(27)22-12-17-8-7-15(13-25)9-21(17)26(22)14-18-11-19(24)10-16-5-3-4-6-20(16)18/h3-12H,2,14H2,1H3. The van der Waals surface area contributed by atoms with Crippen molar-refractivity contribution in [2.45, 2.75) is 13.5 Å².